The third-order valence-electron chi connectivity index (χ3n) is 2.53. The van der Waals surface area contributed by atoms with Crippen LogP contribution in [0.1, 0.15) is 6.92 Å². The molecule has 2 unspecified atom stereocenters. The van der Waals surface area contributed by atoms with Crippen molar-refractivity contribution in [1.29, 1.82) is 0 Å². The van der Waals surface area contributed by atoms with E-state index in [1.165, 1.54) is 10.1 Å². The Morgan fingerprint density at radius 1 is 1.14 bits per heavy atom. The fraction of sp³-hybridized carbons (Fsp3) is 0.700. The lowest BCUT2D eigenvalue weighted by Crippen LogP contribution is -2.21. The molecule has 1 radical (unpaired) electrons. The van der Waals surface area contributed by atoms with Crippen molar-refractivity contribution in [2.45, 2.75) is 6.92 Å². The first-order valence-corrected chi connectivity index (χ1v) is 6.93. The molecule has 2 nitrogen and oxygen atoms in total. The van der Waals surface area contributed by atoms with Crippen molar-refractivity contribution in [3.63, 3.8) is 0 Å². The maximum absolute atomic E-state index is 4.50. The predicted molar refractivity (Wildman–Crippen MR) is 67.5 cm³/mol. The van der Waals surface area contributed by atoms with Crippen molar-refractivity contribution >= 4 is 33.6 Å². The minimum absolute atomic E-state index is 0.312. The first kappa shape index (κ1) is 10.6. The molecule has 0 saturated carbocycles. The topological polar surface area (TPSA) is 24.7 Å². The maximum Gasteiger partial charge on any atom is 0.0714 e. The summed E-state index contributed by atoms with van der Waals surface area (Å²) in [6, 6.07) is 0. The molecule has 2 rings (SSSR count). The molecule has 14 heavy (non-hydrogen) atoms. The third kappa shape index (κ3) is 2.16. The standard InChI is InChI=1S/C10H15N2S2/c1-7(9-11-3-5-13-9)8(2)10-12-4-6-14-10/h7-8H,1,3-6H2,2H3. The van der Waals surface area contributed by atoms with Gasteiger partial charge in [-0.2, -0.15) is 0 Å². The molecule has 0 saturated heterocycles. The second-order valence-electron chi connectivity index (χ2n) is 3.53. The fourth-order valence-electron chi connectivity index (χ4n) is 1.59. The molecule has 0 fully saturated rings. The van der Waals surface area contributed by atoms with Crippen LogP contribution in [0.25, 0.3) is 0 Å². The Morgan fingerprint density at radius 2 is 1.71 bits per heavy atom. The molecular weight excluding hydrogens is 212 g/mol. The summed E-state index contributed by atoms with van der Waals surface area (Å²) < 4.78 is 0. The SMILES string of the molecule is [CH2]C(C1=NCCS1)C(C)C1=NCCS1. The van der Waals surface area contributed by atoms with Gasteiger partial charge in [-0.15, -0.1) is 23.5 Å². The molecule has 2 atom stereocenters. The van der Waals surface area contributed by atoms with Gasteiger partial charge in [0, 0.05) is 36.4 Å². The molecule has 4 heteroatoms. The van der Waals surface area contributed by atoms with Gasteiger partial charge in [0.25, 0.3) is 0 Å². The summed E-state index contributed by atoms with van der Waals surface area (Å²) in [6.45, 7) is 8.39. The van der Waals surface area contributed by atoms with Crippen molar-refractivity contribution in [2.75, 3.05) is 24.6 Å². The molecule has 0 amide bonds. The van der Waals surface area contributed by atoms with Gasteiger partial charge in [0.05, 0.1) is 10.1 Å². The highest BCUT2D eigenvalue weighted by Crippen LogP contribution is 2.29. The Hall–Kier alpha value is 0.0400. The van der Waals surface area contributed by atoms with Crippen LogP contribution in [0.2, 0.25) is 0 Å². The number of nitrogens with zero attached hydrogens (tertiary/aromatic N) is 2. The summed E-state index contributed by atoms with van der Waals surface area (Å²) in [4.78, 5) is 8.98. The van der Waals surface area contributed by atoms with Crippen LogP contribution in [-0.2, 0) is 0 Å². The molecule has 0 N–H and O–H groups in total. The number of thioether (sulfide) groups is 2. The summed E-state index contributed by atoms with van der Waals surface area (Å²) >= 11 is 3.74. The Labute approximate surface area is 94.0 Å². The van der Waals surface area contributed by atoms with Gasteiger partial charge in [-0.05, 0) is 6.92 Å². The van der Waals surface area contributed by atoms with Crippen LogP contribution in [0.5, 0.6) is 0 Å². The van der Waals surface area contributed by atoms with E-state index in [-0.39, 0.29) is 0 Å². The van der Waals surface area contributed by atoms with E-state index < -0.39 is 0 Å². The zero-order chi connectivity index (χ0) is 9.97. The van der Waals surface area contributed by atoms with E-state index in [2.05, 4.69) is 23.8 Å². The molecule has 0 aromatic rings. The second kappa shape index (κ2) is 4.71. The monoisotopic (exact) mass is 227 g/mol. The molecule has 2 heterocycles. The molecule has 0 spiro atoms. The highest BCUT2D eigenvalue weighted by Gasteiger charge is 2.26. The Balaban J connectivity index is 1.99. The largest absolute Gasteiger partial charge is 0.282 e. The van der Waals surface area contributed by atoms with Crippen molar-refractivity contribution in [2.24, 2.45) is 21.8 Å². The third-order valence-corrected chi connectivity index (χ3v) is 4.83. The molecule has 0 aromatic heterocycles. The van der Waals surface area contributed by atoms with Gasteiger partial charge < -0.3 is 0 Å². The highest BCUT2D eigenvalue weighted by atomic mass is 32.2. The molecule has 0 aromatic carbocycles. The summed E-state index contributed by atoms with van der Waals surface area (Å²) in [5.41, 5.74) is 0. The van der Waals surface area contributed by atoms with E-state index in [1.807, 2.05) is 23.5 Å². The van der Waals surface area contributed by atoms with E-state index in [1.54, 1.807) is 0 Å². The smallest absolute Gasteiger partial charge is 0.0714 e. The number of aliphatic imine (C=N–C) groups is 2. The zero-order valence-electron chi connectivity index (χ0n) is 8.40. The van der Waals surface area contributed by atoms with Gasteiger partial charge >= 0.3 is 0 Å². The van der Waals surface area contributed by atoms with Crippen molar-refractivity contribution in [3.8, 4) is 0 Å². The Bertz CT molecular complexity index is 245. The van der Waals surface area contributed by atoms with E-state index >= 15 is 0 Å². The normalized spacial score (nSPS) is 25.9. The van der Waals surface area contributed by atoms with Gasteiger partial charge in [-0.3, -0.25) is 9.98 Å². The van der Waals surface area contributed by atoms with E-state index in [0.29, 0.717) is 11.8 Å². The summed E-state index contributed by atoms with van der Waals surface area (Å²) in [5.74, 6) is 3.04. The first-order chi connectivity index (χ1) is 6.79. The van der Waals surface area contributed by atoms with Crippen molar-refractivity contribution < 1.29 is 0 Å². The lowest BCUT2D eigenvalue weighted by molar-refractivity contribution is 0.693. The first-order valence-electron chi connectivity index (χ1n) is 4.96. The van der Waals surface area contributed by atoms with E-state index in [4.69, 9.17) is 0 Å². The number of rotatable bonds is 3. The summed E-state index contributed by atoms with van der Waals surface area (Å²) in [6.07, 6.45) is 0. The molecular formula is C10H15N2S2. The zero-order valence-corrected chi connectivity index (χ0v) is 10.0. The maximum atomic E-state index is 4.50. The van der Waals surface area contributed by atoms with Gasteiger partial charge in [0.1, 0.15) is 0 Å². The van der Waals surface area contributed by atoms with Crippen LogP contribution < -0.4 is 0 Å². The fourth-order valence-corrected chi connectivity index (χ4v) is 3.58. The van der Waals surface area contributed by atoms with Crippen LogP contribution in [0, 0.1) is 18.8 Å². The lowest BCUT2D eigenvalue weighted by atomic mass is 9.98. The van der Waals surface area contributed by atoms with Crippen LogP contribution in [0.3, 0.4) is 0 Å². The molecule has 77 valence electrons. The Morgan fingerprint density at radius 3 is 2.21 bits per heavy atom. The van der Waals surface area contributed by atoms with Crippen LogP contribution in [0.4, 0.5) is 0 Å². The second-order valence-corrected chi connectivity index (χ2v) is 5.76. The average molecular weight is 227 g/mol. The predicted octanol–water partition coefficient (Wildman–Crippen LogP) is 2.36. The summed E-state index contributed by atoms with van der Waals surface area (Å²) in [7, 11) is 0. The van der Waals surface area contributed by atoms with E-state index in [0.717, 1.165) is 24.6 Å². The van der Waals surface area contributed by atoms with Gasteiger partial charge in [0.15, 0.2) is 0 Å². The summed E-state index contributed by atoms with van der Waals surface area (Å²) in [5, 5.41) is 2.51. The molecule has 0 aliphatic carbocycles. The number of hydrogen-bond donors (Lipinski definition) is 0. The van der Waals surface area contributed by atoms with Crippen LogP contribution in [-0.4, -0.2) is 34.7 Å². The van der Waals surface area contributed by atoms with Gasteiger partial charge in [-0.25, -0.2) is 0 Å². The lowest BCUT2D eigenvalue weighted by Gasteiger charge is -2.18. The van der Waals surface area contributed by atoms with Crippen molar-refractivity contribution in [3.05, 3.63) is 6.92 Å². The van der Waals surface area contributed by atoms with Gasteiger partial charge in [0.2, 0.25) is 0 Å². The molecule has 0 bridgehead atoms. The number of hydrogen-bond acceptors (Lipinski definition) is 4. The van der Waals surface area contributed by atoms with E-state index in [9.17, 15) is 0 Å². The minimum atomic E-state index is 0.312. The average Bonchev–Trinajstić information content (AvgIpc) is 2.87. The molecule has 2 aliphatic heterocycles. The molecule has 2 aliphatic rings. The quantitative estimate of drug-likeness (QED) is 0.739. The minimum Gasteiger partial charge on any atom is -0.282 e. The highest BCUT2D eigenvalue weighted by molar-refractivity contribution is 8.14. The van der Waals surface area contributed by atoms with Crippen LogP contribution >= 0.6 is 23.5 Å². The van der Waals surface area contributed by atoms with Crippen LogP contribution in [0.15, 0.2) is 9.98 Å². The van der Waals surface area contributed by atoms with Gasteiger partial charge in [-0.1, -0.05) is 6.92 Å². The Kier molecular flexibility index (Phi) is 3.55. The van der Waals surface area contributed by atoms with Crippen molar-refractivity contribution in [1.82, 2.24) is 0 Å².